The van der Waals surface area contributed by atoms with Gasteiger partial charge in [-0.05, 0) is 5.56 Å². The highest BCUT2D eigenvalue weighted by Crippen LogP contribution is 2.21. The minimum Gasteiger partial charge on any atom is -0.356 e. The van der Waals surface area contributed by atoms with Crippen LogP contribution in [0.5, 0.6) is 0 Å². The van der Waals surface area contributed by atoms with Crippen LogP contribution >= 0.6 is 0 Å². The molecule has 136 valence electrons. The van der Waals surface area contributed by atoms with Crippen molar-refractivity contribution in [3.8, 4) is 0 Å². The number of hydrogen-bond acceptors (Lipinski definition) is 4. The molecule has 2 N–H and O–H groups in total. The number of aliphatic imine (C=N–C) groups is 1. The number of benzene rings is 1. The van der Waals surface area contributed by atoms with Gasteiger partial charge in [0.1, 0.15) is 0 Å². The SMILES string of the molecule is CN=C(NCCc1nc(C(C)C)no1)NCC(C)(C)c1ccccc1. The molecule has 0 aliphatic rings. The summed E-state index contributed by atoms with van der Waals surface area (Å²) in [6.07, 6.45) is 0.669. The Balaban J connectivity index is 1.80. The summed E-state index contributed by atoms with van der Waals surface area (Å²) in [4.78, 5) is 8.66. The summed E-state index contributed by atoms with van der Waals surface area (Å²) in [5.74, 6) is 2.45. The van der Waals surface area contributed by atoms with E-state index in [0.717, 1.165) is 18.3 Å². The molecule has 0 amide bonds. The summed E-state index contributed by atoms with van der Waals surface area (Å²) in [7, 11) is 1.77. The second-order valence-electron chi connectivity index (χ2n) is 7.05. The maximum absolute atomic E-state index is 5.25. The molecule has 1 aromatic heterocycles. The van der Waals surface area contributed by atoms with Crippen LogP contribution in [0.4, 0.5) is 0 Å². The molecule has 1 heterocycles. The lowest BCUT2D eigenvalue weighted by molar-refractivity contribution is 0.371. The first-order chi connectivity index (χ1) is 11.9. The molecule has 1 aromatic carbocycles. The molecule has 0 saturated carbocycles. The van der Waals surface area contributed by atoms with Gasteiger partial charge >= 0.3 is 0 Å². The minimum atomic E-state index is 0.0114. The molecule has 0 aliphatic heterocycles. The predicted molar refractivity (Wildman–Crippen MR) is 101 cm³/mol. The molecule has 0 aliphatic carbocycles. The van der Waals surface area contributed by atoms with Crippen molar-refractivity contribution in [2.45, 2.75) is 45.4 Å². The van der Waals surface area contributed by atoms with Gasteiger partial charge in [-0.1, -0.05) is 63.2 Å². The summed E-state index contributed by atoms with van der Waals surface area (Å²) in [6, 6.07) is 10.5. The van der Waals surface area contributed by atoms with E-state index in [1.54, 1.807) is 7.05 Å². The number of guanidine groups is 1. The summed E-state index contributed by atoms with van der Waals surface area (Å²) >= 11 is 0. The second-order valence-corrected chi connectivity index (χ2v) is 7.05. The Morgan fingerprint density at radius 2 is 1.92 bits per heavy atom. The standard InChI is InChI=1S/C19H29N5O/c1-14(2)17-23-16(25-24-17)11-12-21-18(20-5)22-13-19(3,4)15-9-7-6-8-10-15/h6-10,14H,11-13H2,1-5H3,(H2,20,21,22). The Bertz CT molecular complexity index is 676. The van der Waals surface area contributed by atoms with Gasteiger partial charge < -0.3 is 15.2 Å². The molecule has 0 radical (unpaired) electrons. The average molecular weight is 343 g/mol. The number of hydrogen-bond donors (Lipinski definition) is 2. The first kappa shape index (κ1) is 19.0. The van der Waals surface area contributed by atoms with E-state index in [-0.39, 0.29) is 11.3 Å². The molecule has 0 fully saturated rings. The monoisotopic (exact) mass is 343 g/mol. The van der Waals surface area contributed by atoms with E-state index in [1.165, 1.54) is 5.56 Å². The lowest BCUT2D eigenvalue weighted by atomic mass is 9.85. The van der Waals surface area contributed by atoms with E-state index in [2.05, 4.69) is 63.9 Å². The third-order valence-corrected chi connectivity index (χ3v) is 4.11. The fraction of sp³-hybridized carbons (Fsp3) is 0.526. The van der Waals surface area contributed by atoms with Crippen LogP contribution in [0.2, 0.25) is 0 Å². The van der Waals surface area contributed by atoms with Gasteiger partial charge in [-0.25, -0.2) is 0 Å². The highest BCUT2D eigenvalue weighted by molar-refractivity contribution is 5.79. The molecule has 0 atom stereocenters. The fourth-order valence-corrected chi connectivity index (χ4v) is 2.41. The van der Waals surface area contributed by atoms with Gasteiger partial charge in [0.15, 0.2) is 11.8 Å². The number of nitrogens with zero attached hydrogens (tertiary/aromatic N) is 3. The number of rotatable bonds is 7. The Morgan fingerprint density at radius 1 is 1.20 bits per heavy atom. The van der Waals surface area contributed by atoms with Crippen LogP contribution in [0, 0.1) is 0 Å². The minimum absolute atomic E-state index is 0.0114. The highest BCUT2D eigenvalue weighted by atomic mass is 16.5. The second kappa shape index (κ2) is 8.65. The summed E-state index contributed by atoms with van der Waals surface area (Å²) in [6.45, 7) is 10.0. The van der Waals surface area contributed by atoms with Crippen molar-refractivity contribution in [3.63, 3.8) is 0 Å². The summed E-state index contributed by atoms with van der Waals surface area (Å²) in [5, 5.41) is 10.7. The Kier molecular flexibility index (Phi) is 6.56. The van der Waals surface area contributed by atoms with Gasteiger partial charge in [-0.2, -0.15) is 4.98 Å². The normalized spacial score (nSPS) is 12.5. The topological polar surface area (TPSA) is 75.3 Å². The van der Waals surface area contributed by atoms with E-state index in [4.69, 9.17) is 4.52 Å². The molecular weight excluding hydrogens is 314 g/mol. The summed E-state index contributed by atoms with van der Waals surface area (Å²) in [5.41, 5.74) is 1.31. The van der Waals surface area contributed by atoms with Crippen LogP contribution in [0.3, 0.4) is 0 Å². The van der Waals surface area contributed by atoms with Crippen LogP contribution in [0.25, 0.3) is 0 Å². The quantitative estimate of drug-likeness (QED) is 0.597. The molecule has 0 spiro atoms. The zero-order valence-electron chi connectivity index (χ0n) is 15.8. The molecule has 2 rings (SSSR count). The lowest BCUT2D eigenvalue weighted by Gasteiger charge is -2.26. The van der Waals surface area contributed by atoms with Crippen LogP contribution in [-0.2, 0) is 11.8 Å². The van der Waals surface area contributed by atoms with Gasteiger partial charge in [-0.15, -0.1) is 0 Å². The van der Waals surface area contributed by atoms with Crippen LogP contribution in [0.1, 0.15) is 50.9 Å². The zero-order valence-corrected chi connectivity index (χ0v) is 15.8. The van der Waals surface area contributed by atoms with Gasteiger partial charge in [0.05, 0.1) is 0 Å². The van der Waals surface area contributed by atoms with E-state index < -0.39 is 0 Å². The first-order valence-electron chi connectivity index (χ1n) is 8.75. The maximum atomic E-state index is 5.25. The van der Waals surface area contributed by atoms with Crippen molar-refractivity contribution in [1.29, 1.82) is 0 Å². The Morgan fingerprint density at radius 3 is 2.52 bits per heavy atom. The van der Waals surface area contributed by atoms with Gasteiger partial charge in [-0.3, -0.25) is 4.99 Å². The van der Waals surface area contributed by atoms with E-state index >= 15 is 0 Å². The smallest absolute Gasteiger partial charge is 0.228 e. The van der Waals surface area contributed by atoms with Crippen molar-refractivity contribution < 1.29 is 4.52 Å². The van der Waals surface area contributed by atoms with E-state index in [1.807, 2.05) is 19.9 Å². The third-order valence-electron chi connectivity index (χ3n) is 4.11. The lowest BCUT2D eigenvalue weighted by Crippen LogP contribution is -2.44. The van der Waals surface area contributed by atoms with Crippen LogP contribution in [-0.4, -0.2) is 36.2 Å². The Hall–Kier alpha value is -2.37. The zero-order chi connectivity index (χ0) is 18.3. The van der Waals surface area contributed by atoms with Crippen molar-refractivity contribution in [2.24, 2.45) is 4.99 Å². The van der Waals surface area contributed by atoms with Crippen LogP contribution in [0.15, 0.2) is 39.8 Å². The first-order valence-corrected chi connectivity index (χ1v) is 8.75. The predicted octanol–water partition coefficient (Wildman–Crippen LogP) is 2.88. The van der Waals surface area contributed by atoms with Crippen molar-refractivity contribution in [2.75, 3.05) is 20.1 Å². The molecule has 0 saturated heterocycles. The molecule has 25 heavy (non-hydrogen) atoms. The van der Waals surface area contributed by atoms with Gasteiger partial charge in [0.25, 0.3) is 0 Å². The highest BCUT2D eigenvalue weighted by Gasteiger charge is 2.20. The Labute approximate surface area is 150 Å². The van der Waals surface area contributed by atoms with Gasteiger partial charge in [0, 0.05) is 37.9 Å². The third kappa shape index (κ3) is 5.59. The summed E-state index contributed by atoms with van der Waals surface area (Å²) < 4.78 is 5.25. The number of aromatic nitrogens is 2. The van der Waals surface area contributed by atoms with Crippen molar-refractivity contribution >= 4 is 5.96 Å². The molecule has 6 nitrogen and oxygen atoms in total. The largest absolute Gasteiger partial charge is 0.356 e. The fourth-order valence-electron chi connectivity index (χ4n) is 2.41. The average Bonchev–Trinajstić information content (AvgIpc) is 3.08. The molecular formula is C19H29N5O. The van der Waals surface area contributed by atoms with E-state index in [0.29, 0.717) is 18.9 Å². The molecule has 6 heteroatoms. The van der Waals surface area contributed by atoms with Crippen LogP contribution < -0.4 is 10.6 Å². The van der Waals surface area contributed by atoms with Gasteiger partial charge in [0.2, 0.25) is 5.89 Å². The van der Waals surface area contributed by atoms with E-state index in [9.17, 15) is 0 Å². The van der Waals surface area contributed by atoms with Crippen molar-refractivity contribution in [1.82, 2.24) is 20.8 Å². The maximum Gasteiger partial charge on any atom is 0.228 e. The van der Waals surface area contributed by atoms with Crippen molar-refractivity contribution in [3.05, 3.63) is 47.6 Å². The molecule has 0 bridgehead atoms. The molecule has 0 unspecified atom stereocenters. The number of nitrogens with one attached hydrogen (secondary N) is 2. The molecule has 2 aromatic rings.